The normalized spacial score (nSPS) is 18.6. The Kier molecular flexibility index (Phi) is 3.15. The highest BCUT2D eigenvalue weighted by molar-refractivity contribution is 5.37. The van der Waals surface area contributed by atoms with Gasteiger partial charge in [-0.1, -0.05) is 24.3 Å². The van der Waals surface area contributed by atoms with Crippen LogP contribution in [0.5, 0.6) is 0 Å². The van der Waals surface area contributed by atoms with Crippen molar-refractivity contribution < 1.29 is 0 Å². The standard InChI is InChI=1S/C16H21N3/c1-11(2)19-10-18-14-8-9-17-15(16(14)19)13-7-5-4-6-12(13)3/h4-7,10-11,15,17H,8-9H2,1-3H3. The summed E-state index contributed by atoms with van der Waals surface area (Å²) in [5.41, 5.74) is 5.30. The SMILES string of the molecule is Cc1ccccc1C1NCCc2ncn(C(C)C)c21. The van der Waals surface area contributed by atoms with Crippen LogP contribution < -0.4 is 5.32 Å². The third-order valence-corrected chi connectivity index (χ3v) is 3.95. The summed E-state index contributed by atoms with van der Waals surface area (Å²) in [6.07, 6.45) is 3.02. The van der Waals surface area contributed by atoms with Crippen LogP contribution in [0.3, 0.4) is 0 Å². The summed E-state index contributed by atoms with van der Waals surface area (Å²) in [6.45, 7) is 7.61. The average Bonchev–Trinajstić information content (AvgIpc) is 2.83. The van der Waals surface area contributed by atoms with Crippen LogP contribution in [0.4, 0.5) is 0 Å². The molecule has 0 spiro atoms. The Bertz CT molecular complexity index is 583. The van der Waals surface area contributed by atoms with E-state index in [-0.39, 0.29) is 6.04 Å². The lowest BCUT2D eigenvalue weighted by Gasteiger charge is -2.28. The van der Waals surface area contributed by atoms with E-state index in [4.69, 9.17) is 0 Å². The van der Waals surface area contributed by atoms with Crippen LogP contribution >= 0.6 is 0 Å². The molecule has 1 atom stereocenters. The molecule has 1 N–H and O–H groups in total. The lowest BCUT2D eigenvalue weighted by molar-refractivity contribution is 0.490. The minimum atomic E-state index is 0.273. The number of nitrogens with one attached hydrogen (secondary N) is 1. The Morgan fingerprint density at radius 3 is 2.84 bits per heavy atom. The number of nitrogens with zero attached hydrogens (tertiary/aromatic N) is 2. The summed E-state index contributed by atoms with van der Waals surface area (Å²) in [5.74, 6) is 0. The van der Waals surface area contributed by atoms with E-state index < -0.39 is 0 Å². The van der Waals surface area contributed by atoms with Crippen molar-refractivity contribution in [3.05, 3.63) is 53.1 Å². The van der Waals surface area contributed by atoms with Crippen molar-refractivity contribution in [2.24, 2.45) is 0 Å². The Labute approximate surface area is 114 Å². The molecule has 1 aliphatic rings. The average molecular weight is 255 g/mol. The molecule has 0 radical (unpaired) electrons. The monoisotopic (exact) mass is 255 g/mol. The van der Waals surface area contributed by atoms with E-state index in [1.165, 1.54) is 22.5 Å². The number of hydrogen-bond donors (Lipinski definition) is 1. The molecule has 1 aliphatic heterocycles. The molecule has 0 amide bonds. The molecular formula is C16H21N3. The fourth-order valence-electron chi connectivity index (χ4n) is 2.93. The molecule has 3 heteroatoms. The maximum absolute atomic E-state index is 4.61. The van der Waals surface area contributed by atoms with Gasteiger partial charge in [0.15, 0.2) is 0 Å². The molecule has 2 heterocycles. The maximum Gasteiger partial charge on any atom is 0.0954 e. The summed E-state index contributed by atoms with van der Waals surface area (Å²) >= 11 is 0. The van der Waals surface area contributed by atoms with Gasteiger partial charge in [-0.2, -0.15) is 0 Å². The largest absolute Gasteiger partial charge is 0.330 e. The van der Waals surface area contributed by atoms with E-state index in [1.54, 1.807) is 0 Å². The zero-order valence-electron chi connectivity index (χ0n) is 11.9. The summed E-state index contributed by atoms with van der Waals surface area (Å²) in [5, 5.41) is 3.65. The summed E-state index contributed by atoms with van der Waals surface area (Å²) < 4.78 is 2.30. The van der Waals surface area contributed by atoms with Crippen LogP contribution in [0.2, 0.25) is 0 Å². The first-order valence-corrected chi connectivity index (χ1v) is 7.03. The second-order valence-corrected chi connectivity index (χ2v) is 5.57. The molecule has 0 aliphatic carbocycles. The molecule has 3 nitrogen and oxygen atoms in total. The van der Waals surface area contributed by atoms with E-state index in [9.17, 15) is 0 Å². The first kappa shape index (κ1) is 12.4. The zero-order valence-corrected chi connectivity index (χ0v) is 11.9. The first-order valence-electron chi connectivity index (χ1n) is 7.03. The van der Waals surface area contributed by atoms with Gasteiger partial charge in [-0.05, 0) is 31.9 Å². The fourth-order valence-corrected chi connectivity index (χ4v) is 2.93. The van der Waals surface area contributed by atoms with Crippen LogP contribution in [-0.2, 0) is 6.42 Å². The van der Waals surface area contributed by atoms with Gasteiger partial charge in [0.1, 0.15) is 0 Å². The number of aryl methyl sites for hydroxylation is 1. The molecule has 0 fully saturated rings. The Balaban J connectivity index is 2.12. The van der Waals surface area contributed by atoms with Gasteiger partial charge in [0.2, 0.25) is 0 Å². The predicted molar refractivity (Wildman–Crippen MR) is 77.3 cm³/mol. The van der Waals surface area contributed by atoms with Crippen molar-refractivity contribution in [1.82, 2.24) is 14.9 Å². The van der Waals surface area contributed by atoms with Gasteiger partial charge in [-0.15, -0.1) is 0 Å². The number of benzene rings is 1. The molecule has 3 rings (SSSR count). The van der Waals surface area contributed by atoms with Crippen molar-refractivity contribution in [1.29, 1.82) is 0 Å². The number of aromatic nitrogens is 2. The van der Waals surface area contributed by atoms with Crippen LogP contribution in [0.15, 0.2) is 30.6 Å². The van der Waals surface area contributed by atoms with Crippen molar-refractivity contribution in [3.8, 4) is 0 Å². The molecular weight excluding hydrogens is 234 g/mol. The van der Waals surface area contributed by atoms with E-state index in [1.807, 2.05) is 6.33 Å². The quantitative estimate of drug-likeness (QED) is 0.894. The first-order chi connectivity index (χ1) is 9.18. The molecule has 0 saturated carbocycles. The van der Waals surface area contributed by atoms with Crippen LogP contribution in [0.25, 0.3) is 0 Å². The van der Waals surface area contributed by atoms with Crippen molar-refractivity contribution in [2.45, 2.75) is 39.3 Å². The molecule has 0 bridgehead atoms. The van der Waals surface area contributed by atoms with Gasteiger partial charge in [0.05, 0.1) is 23.8 Å². The summed E-state index contributed by atoms with van der Waals surface area (Å²) in [6, 6.07) is 9.34. The molecule has 100 valence electrons. The van der Waals surface area contributed by atoms with Gasteiger partial charge < -0.3 is 9.88 Å². The predicted octanol–water partition coefficient (Wildman–Crippen LogP) is 3.01. The lowest BCUT2D eigenvalue weighted by Crippen LogP contribution is -2.33. The minimum Gasteiger partial charge on any atom is -0.330 e. The van der Waals surface area contributed by atoms with Crippen molar-refractivity contribution in [3.63, 3.8) is 0 Å². The third kappa shape index (κ3) is 2.08. The Hall–Kier alpha value is -1.61. The van der Waals surface area contributed by atoms with E-state index >= 15 is 0 Å². The summed E-state index contributed by atoms with van der Waals surface area (Å²) in [4.78, 5) is 4.61. The van der Waals surface area contributed by atoms with Crippen molar-refractivity contribution in [2.75, 3.05) is 6.54 Å². The highest BCUT2D eigenvalue weighted by Crippen LogP contribution is 2.31. The second kappa shape index (κ2) is 4.82. The van der Waals surface area contributed by atoms with Crippen LogP contribution in [0, 0.1) is 6.92 Å². The fraction of sp³-hybridized carbons (Fsp3) is 0.438. The molecule has 2 aromatic rings. The number of hydrogen-bond acceptors (Lipinski definition) is 2. The second-order valence-electron chi connectivity index (χ2n) is 5.57. The lowest BCUT2D eigenvalue weighted by atomic mass is 9.94. The van der Waals surface area contributed by atoms with Crippen LogP contribution in [-0.4, -0.2) is 16.1 Å². The summed E-state index contributed by atoms with van der Waals surface area (Å²) in [7, 11) is 0. The van der Waals surface area contributed by atoms with Gasteiger partial charge in [-0.3, -0.25) is 0 Å². The van der Waals surface area contributed by atoms with E-state index in [0.29, 0.717) is 6.04 Å². The minimum absolute atomic E-state index is 0.273. The molecule has 1 aromatic heterocycles. The van der Waals surface area contributed by atoms with Gasteiger partial charge in [0.25, 0.3) is 0 Å². The Morgan fingerprint density at radius 2 is 2.11 bits per heavy atom. The third-order valence-electron chi connectivity index (χ3n) is 3.95. The Morgan fingerprint density at radius 1 is 1.32 bits per heavy atom. The van der Waals surface area contributed by atoms with E-state index in [2.05, 4.69) is 59.9 Å². The van der Waals surface area contributed by atoms with Gasteiger partial charge in [0, 0.05) is 19.0 Å². The van der Waals surface area contributed by atoms with Crippen molar-refractivity contribution >= 4 is 0 Å². The topological polar surface area (TPSA) is 29.9 Å². The van der Waals surface area contributed by atoms with Gasteiger partial charge >= 0.3 is 0 Å². The number of rotatable bonds is 2. The number of imidazole rings is 1. The zero-order chi connectivity index (χ0) is 13.4. The van der Waals surface area contributed by atoms with E-state index in [0.717, 1.165) is 13.0 Å². The van der Waals surface area contributed by atoms with Crippen LogP contribution in [0.1, 0.15) is 48.4 Å². The maximum atomic E-state index is 4.61. The molecule has 1 unspecified atom stereocenters. The number of fused-ring (bicyclic) bond motifs is 1. The highest BCUT2D eigenvalue weighted by atomic mass is 15.1. The smallest absolute Gasteiger partial charge is 0.0954 e. The molecule has 1 aromatic carbocycles. The van der Waals surface area contributed by atoms with Gasteiger partial charge in [-0.25, -0.2) is 4.98 Å². The molecule has 0 saturated heterocycles. The molecule has 19 heavy (non-hydrogen) atoms. The highest BCUT2D eigenvalue weighted by Gasteiger charge is 2.27.